The number of benzene rings is 1. The van der Waals surface area contributed by atoms with Crippen LogP contribution in [0.25, 0.3) is 10.9 Å². The van der Waals surface area contributed by atoms with Gasteiger partial charge in [-0.1, -0.05) is 25.5 Å². The number of nitrogens with one attached hydrogen (secondary N) is 1. The summed E-state index contributed by atoms with van der Waals surface area (Å²) in [5.41, 5.74) is -7.47. The Morgan fingerprint density at radius 2 is 1.77 bits per heavy atom. The van der Waals surface area contributed by atoms with Crippen molar-refractivity contribution in [2.45, 2.75) is 129 Å². The molecule has 8 rings (SSSR count). The fraction of sp³-hybridized carbons (Fsp3) is 0.640. The van der Waals surface area contributed by atoms with Crippen molar-refractivity contribution in [1.29, 1.82) is 0 Å². The fourth-order valence-electron chi connectivity index (χ4n) is 12.4. The minimum atomic E-state index is -2.20. The van der Waals surface area contributed by atoms with Crippen LogP contribution in [0.1, 0.15) is 116 Å². The molecule has 2 aromatic rings. The zero-order chi connectivity index (χ0) is 47.9. The number of ether oxygens (including phenoxy) is 4. The highest BCUT2D eigenvalue weighted by Gasteiger charge is 2.77. The number of methoxy groups -OCH3 is 1. The molecular formula is C50H63F2N3O11. The van der Waals surface area contributed by atoms with E-state index < -0.39 is 92.9 Å². The van der Waals surface area contributed by atoms with Crippen molar-refractivity contribution >= 4 is 46.1 Å². The number of rotatable bonds is 12. The molecule has 6 aliphatic rings. The van der Waals surface area contributed by atoms with Gasteiger partial charge in [0.05, 0.1) is 36.1 Å². The van der Waals surface area contributed by atoms with E-state index in [4.69, 9.17) is 18.9 Å². The quantitative estimate of drug-likeness (QED) is 0.138. The predicted octanol–water partition coefficient (Wildman–Crippen LogP) is 6.28. The number of aliphatic hydroxyl groups is 1. The summed E-state index contributed by atoms with van der Waals surface area (Å²) in [6, 6.07) is 1.20. The Morgan fingerprint density at radius 1 is 1.05 bits per heavy atom. The number of Topliss-reactive ketones (excluding diaryl/α,β-unsaturated/α-hetero) is 1. The molecule has 14 nitrogen and oxygen atoms in total. The second-order valence-corrected chi connectivity index (χ2v) is 21.0. The average Bonchev–Trinajstić information content (AvgIpc) is 4.08. The van der Waals surface area contributed by atoms with E-state index in [0.29, 0.717) is 37.1 Å². The largest absolute Gasteiger partial charge is 0.492 e. The molecule has 2 N–H and O–H groups in total. The number of aromatic nitrogens is 1. The highest BCUT2D eigenvalue weighted by Crippen LogP contribution is 2.71. The Bertz CT molecular complexity index is 2490. The molecule has 1 aromatic heterocycles. The number of aliphatic hydroxyl groups excluding tert-OH is 1. The number of carbonyl (C=O) groups is 5. The third-order valence-electron chi connectivity index (χ3n) is 15.8. The van der Waals surface area contributed by atoms with Gasteiger partial charge in [0.25, 0.3) is 0 Å². The van der Waals surface area contributed by atoms with Crippen molar-refractivity contribution in [2.75, 3.05) is 44.9 Å². The van der Waals surface area contributed by atoms with Crippen molar-refractivity contribution < 1.29 is 56.8 Å². The van der Waals surface area contributed by atoms with Gasteiger partial charge >= 0.3 is 17.9 Å². The fourth-order valence-corrected chi connectivity index (χ4v) is 12.4. The second-order valence-electron chi connectivity index (χ2n) is 21.0. The van der Waals surface area contributed by atoms with Gasteiger partial charge < -0.3 is 38.8 Å². The first-order chi connectivity index (χ1) is 31.0. The third-order valence-corrected chi connectivity index (χ3v) is 15.8. The molecule has 1 unspecified atom stereocenters. The van der Waals surface area contributed by atoms with E-state index in [1.165, 1.54) is 25.5 Å². The molecule has 0 bridgehead atoms. The van der Waals surface area contributed by atoms with Gasteiger partial charge in [-0.15, -0.1) is 0 Å². The number of piperazine rings is 1. The molecule has 0 radical (unpaired) electrons. The van der Waals surface area contributed by atoms with Gasteiger partial charge in [-0.05, 0) is 104 Å². The highest BCUT2D eigenvalue weighted by atomic mass is 19.1. The number of nitrogens with zero attached hydrogens (tertiary/aromatic N) is 2. The summed E-state index contributed by atoms with van der Waals surface area (Å²) < 4.78 is 59.0. The maximum absolute atomic E-state index is 18.0. The molecule has 1 aliphatic heterocycles. The number of anilines is 1. The summed E-state index contributed by atoms with van der Waals surface area (Å²) in [6.45, 7) is 12.7. The van der Waals surface area contributed by atoms with Gasteiger partial charge in [0, 0.05) is 67.0 Å². The van der Waals surface area contributed by atoms with Crippen LogP contribution in [-0.4, -0.2) is 103 Å². The van der Waals surface area contributed by atoms with Gasteiger partial charge in [-0.3, -0.25) is 24.0 Å². The summed E-state index contributed by atoms with van der Waals surface area (Å²) in [5.74, 6) is -5.84. The Hall–Kier alpha value is -4.96. The van der Waals surface area contributed by atoms with E-state index in [1.807, 2.05) is 11.8 Å². The first kappa shape index (κ1) is 47.5. The Balaban J connectivity index is 1.02. The zero-order valence-electron chi connectivity index (χ0n) is 39.2. The number of carbonyl (C=O) groups excluding carboxylic acids is 5. The molecule has 358 valence electrons. The van der Waals surface area contributed by atoms with E-state index in [1.54, 1.807) is 52.2 Å². The molecule has 2 heterocycles. The van der Waals surface area contributed by atoms with Crippen LogP contribution in [0.15, 0.2) is 40.9 Å². The smallest absolute Gasteiger partial charge is 0.343 e. The summed E-state index contributed by atoms with van der Waals surface area (Å²) in [7, 11) is 1.43. The molecule has 66 heavy (non-hydrogen) atoms. The van der Waals surface area contributed by atoms with Crippen molar-refractivity contribution in [2.24, 2.45) is 34.0 Å². The number of allylic oxidation sites excluding steroid dienone is 4. The van der Waals surface area contributed by atoms with Crippen LogP contribution >= 0.6 is 0 Å². The average molecular weight is 920 g/mol. The number of alkyl halides is 1. The minimum absolute atomic E-state index is 0.0239. The predicted molar refractivity (Wildman–Crippen MR) is 239 cm³/mol. The molecular weight excluding hydrogens is 857 g/mol. The van der Waals surface area contributed by atoms with Gasteiger partial charge in [0.15, 0.2) is 35.2 Å². The van der Waals surface area contributed by atoms with Gasteiger partial charge in [-0.2, -0.15) is 0 Å². The number of esters is 3. The number of ketones is 2. The first-order valence-corrected chi connectivity index (χ1v) is 23.4. The van der Waals surface area contributed by atoms with Crippen molar-refractivity contribution in [3.63, 3.8) is 0 Å². The molecule has 1 aromatic carbocycles. The van der Waals surface area contributed by atoms with Crippen LogP contribution in [0.3, 0.4) is 0 Å². The molecule has 16 heteroatoms. The minimum Gasteiger partial charge on any atom is -0.492 e. The molecule has 0 spiro atoms. The van der Waals surface area contributed by atoms with E-state index in [2.05, 4.69) is 5.32 Å². The number of halogens is 2. The molecule has 9 atom stereocenters. The molecule has 5 aliphatic carbocycles. The molecule has 1 saturated heterocycles. The Morgan fingerprint density at radius 3 is 2.44 bits per heavy atom. The first-order valence-electron chi connectivity index (χ1n) is 23.4. The van der Waals surface area contributed by atoms with Gasteiger partial charge in [-0.25, -0.2) is 13.6 Å². The van der Waals surface area contributed by atoms with E-state index in [0.717, 1.165) is 18.9 Å². The lowest BCUT2D eigenvalue weighted by Crippen LogP contribution is -2.70. The Labute approximate surface area is 383 Å². The summed E-state index contributed by atoms with van der Waals surface area (Å²) in [4.78, 5) is 83.5. The SMILES string of the molecule is COc1c(N2CCNC(C)C2)c(F)cc2c(=O)c(C(=O)OCCCC(=O)O[C@@]3(C(=O)COC(=O)C(C)(C)C)[C@H](C)C[C@@H]4[C@H]5CCC6=CC(=O)C=C[C@@]6(C)[C@]5(F)[C@H](O)C[C@]43C)cn(C3CC3)c12. The lowest BCUT2D eigenvalue weighted by molar-refractivity contribution is -0.229. The normalized spacial score (nSPS) is 32.8. The van der Waals surface area contributed by atoms with Crippen LogP contribution in [-0.2, 0) is 33.4 Å². The van der Waals surface area contributed by atoms with Crippen molar-refractivity contribution in [3.8, 4) is 5.75 Å². The van der Waals surface area contributed by atoms with Crippen LogP contribution < -0.4 is 20.4 Å². The molecule has 0 amide bonds. The number of pyridine rings is 1. The summed E-state index contributed by atoms with van der Waals surface area (Å²) >= 11 is 0. The van der Waals surface area contributed by atoms with Crippen LogP contribution in [0.5, 0.6) is 5.75 Å². The topological polar surface area (TPSA) is 180 Å². The van der Waals surface area contributed by atoms with Crippen LogP contribution in [0, 0.1) is 39.8 Å². The standard InChI is InChI=1S/C50H63F2N3O11/c1-27-20-35-34-14-11-29-21-31(56)15-16-47(29,6)49(34,52)37(57)23-48(35,7)50(27,38(58)26-65-45(62)46(3,4)5)66-39(59)10-9-19-64-44(61)33-25-55(30-12-13-30)40-32(42(33)60)22-36(51)41(43(40)63-8)54-18-17-53-28(2)24-54/h15-16,21-22,25,27-28,30,34-35,37,53,57H,9-14,17-20,23-24,26H2,1-8H3/t27-,28?,34-,35-,37-,47-,48-,49-,50-/m1/s1. The second kappa shape index (κ2) is 17.0. The van der Waals surface area contributed by atoms with E-state index >= 15 is 8.78 Å². The van der Waals surface area contributed by atoms with Crippen LogP contribution in [0.4, 0.5) is 14.5 Å². The molecule has 4 saturated carbocycles. The maximum Gasteiger partial charge on any atom is 0.343 e. The third kappa shape index (κ3) is 7.48. The monoisotopic (exact) mass is 919 g/mol. The molecule has 5 fully saturated rings. The lowest BCUT2D eigenvalue weighted by atomic mass is 9.44. The van der Waals surface area contributed by atoms with E-state index in [-0.39, 0.29) is 79.0 Å². The lowest BCUT2D eigenvalue weighted by Gasteiger charge is -2.62. The van der Waals surface area contributed by atoms with Crippen molar-refractivity contribution in [3.05, 3.63) is 57.7 Å². The summed E-state index contributed by atoms with van der Waals surface area (Å²) in [6.07, 6.45) is 5.96. The van der Waals surface area contributed by atoms with E-state index in [9.17, 15) is 33.9 Å². The van der Waals surface area contributed by atoms with Crippen LogP contribution in [0.2, 0.25) is 0 Å². The van der Waals surface area contributed by atoms with Gasteiger partial charge in [0.1, 0.15) is 11.3 Å². The summed E-state index contributed by atoms with van der Waals surface area (Å²) in [5, 5.41) is 15.3. The Kier molecular flexibility index (Phi) is 12.2. The number of fused-ring (bicyclic) bond motifs is 6. The number of hydrogen-bond donors (Lipinski definition) is 2. The zero-order valence-corrected chi connectivity index (χ0v) is 39.2. The number of hydrogen-bond acceptors (Lipinski definition) is 13. The maximum atomic E-state index is 18.0. The van der Waals surface area contributed by atoms with Crippen molar-refractivity contribution in [1.82, 2.24) is 9.88 Å². The highest BCUT2D eigenvalue weighted by molar-refractivity contribution is 6.01. The van der Waals surface area contributed by atoms with Gasteiger partial charge in [0.2, 0.25) is 11.2 Å².